The quantitative estimate of drug-likeness (QED) is 0.850. The van der Waals surface area contributed by atoms with Gasteiger partial charge in [-0.05, 0) is 30.7 Å². The molecule has 2 N–H and O–H groups in total. The number of fused-ring (bicyclic) bond motifs is 1. The number of anilines is 1. The van der Waals surface area contributed by atoms with Gasteiger partial charge in [-0.15, -0.1) is 0 Å². The van der Waals surface area contributed by atoms with Crippen molar-refractivity contribution in [3.8, 4) is 5.75 Å². The molecule has 0 spiro atoms. The second kappa shape index (κ2) is 5.55. The first-order valence-corrected chi connectivity index (χ1v) is 7.04. The Labute approximate surface area is 120 Å². The van der Waals surface area contributed by atoms with Gasteiger partial charge in [-0.2, -0.15) is 0 Å². The largest absolute Gasteiger partial charge is 0.492 e. The molecule has 3 rings (SSSR count). The van der Waals surface area contributed by atoms with Crippen LogP contribution in [-0.4, -0.2) is 18.1 Å². The summed E-state index contributed by atoms with van der Waals surface area (Å²) in [7, 11) is 0. The van der Waals surface area contributed by atoms with Crippen molar-refractivity contribution in [1.29, 1.82) is 0 Å². The highest BCUT2D eigenvalue weighted by molar-refractivity contribution is 5.40. The molecule has 1 atom stereocenters. The lowest BCUT2D eigenvalue weighted by Gasteiger charge is -2.27. The molecule has 20 heavy (non-hydrogen) atoms. The van der Waals surface area contributed by atoms with Crippen molar-refractivity contribution in [3.63, 3.8) is 0 Å². The molecule has 1 aliphatic heterocycles. The van der Waals surface area contributed by atoms with Gasteiger partial charge in [-0.3, -0.25) is 4.90 Å². The second-order valence-corrected chi connectivity index (χ2v) is 5.27. The number of nitrogens with two attached hydrogens (primary N) is 1. The first kappa shape index (κ1) is 13.0. The summed E-state index contributed by atoms with van der Waals surface area (Å²) in [5, 5.41) is 0. The van der Waals surface area contributed by atoms with E-state index in [-0.39, 0.29) is 0 Å². The minimum absolute atomic E-state index is 0.352. The van der Waals surface area contributed by atoms with E-state index in [9.17, 15) is 0 Å². The van der Waals surface area contributed by atoms with E-state index in [1.807, 2.05) is 24.3 Å². The Morgan fingerprint density at radius 2 is 1.85 bits per heavy atom. The van der Waals surface area contributed by atoms with Gasteiger partial charge in [0.15, 0.2) is 0 Å². The molecule has 0 fully saturated rings. The van der Waals surface area contributed by atoms with Crippen LogP contribution >= 0.6 is 0 Å². The van der Waals surface area contributed by atoms with Crippen LogP contribution in [-0.2, 0) is 6.54 Å². The number of hydrogen-bond donors (Lipinski definition) is 1. The highest BCUT2D eigenvalue weighted by atomic mass is 16.5. The lowest BCUT2D eigenvalue weighted by molar-refractivity contribution is 0.179. The van der Waals surface area contributed by atoms with E-state index in [0.29, 0.717) is 6.04 Å². The van der Waals surface area contributed by atoms with Crippen LogP contribution in [0.5, 0.6) is 5.75 Å². The molecule has 0 bridgehead atoms. The molecule has 2 aromatic rings. The third-order valence-corrected chi connectivity index (χ3v) is 3.95. The highest BCUT2D eigenvalue weighted by Gasteiger charge is 2.20. The monoisotopic (exact) mass is 268 g/mol. The standard InChI is InChI=1S/C17H20N2O/c1-13(14-6-8-16(18)9-7-14)19-10-11-20-17-5-3-2-4-15(17)12-19/h2-9,13H,10-12,18H2,1H3. The summed E-state index contributed by atoms with van der Waals surface area (Å²) in [5.41, 5.74) is 9.12. The molecule has 1 aliphatic rings. The van der Waals surface area contributed by atoms with Crippen LogP contribution in [0.15, 0.2) is 48.5 Å². The number of benzene rings is 2. The van der Waals surface area contributed by atoms with Gasteiger partial charge in [0.25, 0.3) is 0 Å². The Kier molecular flexibility index (Phi) is 3.61. The van der Waals surface area contributed by atoms with E-state index in [4.69, 9.17) is 10.5 Å². The van der Waals surface area contributed by atoms with Crippen molar-refractivity contribution >= 4 is 5.69 Å². The van der Waals surface area contributed by atoms with Gasteiger partial charge in [0.2, 0.25) is 0 Å². The molecular weight excluding hydrogens is 248 g/mol. The van der Waals surface area contributed by atoms with Gasteiger partial charge >= 0.3 is 0 Å². The van der Waals surface area contributed by atoms with E-state index in [0.717, 1.165) is 31.1 Å². The van der Waals surface area contributed by atoms with Crippen LogP contribution in [0.25, 0.3) is 0 Å². The maximum absolute atomic E-state index is 5.82. The number of nitrogen functional groups attached to an aromatic ring is 1. The summed E-state index contributed by atoms with van der Waals surface area (Å²) >= 11 is 0. The van der Waals surface area contributed by atoms with Gasteiger partial charge < -0.3 is 10.5 Å². The van der Waals surface area contributed by atoms with Gasteiger partial charge in [-0.1, -0.05) is 30.3 Å². The van der Waals surface area contributed by atoms with Gasteiger partial charge in [0.1, 0.15) is 12.4 Å². The number of para-hydroxylation sites is 1. The summed E-state index contributed by atoms with van der Waals surface area (Å²) in [6, 6.07) is 16.8. The first-order valence-electron chi connectivity index (χ1n) is 7.04. The van der Waals surface area contributed by atoms with E-state index in [1.165, 1.54) is 11.1 Å². The third-order valence-electron chi connectivity index (χ3n) is 3.95. The van der Waals surface area contributed by atoms with E-state index in [2.05, 4.69) is 36.1 Å². The molecule has 0 saturated heterocycles. The zero-order valence-electron chi connectivity index (χ0n) is 11.8. The third kappa shape index (κ3) is 2.63. The Balaban J connectivity index is 1.82. The van der Waals surface area contributed by atoms with Crippen molar-refractivity contribution in [3.05, 3.63) is 59.7 Å². The molecule has 3 heteroatoms. The maximum atomic E-state index is 5.82. The molecule has 1 unspecified atom stereocenters. The number of rotatable bonds is 2. The number of nitrogens with zero attached hydrogens (tertiary/aromatic N) is 1. The predicted octanol–water partition coefficient (Wildman–Crippen LogP) is 3.22. The molecule has 1 heterocycles. The molecule has 0 aromatic heterocycles. The minimum Gasteiger partial charge on any atom is -0.492 e. The van der Waals surface area contributed by atoms with E-state index in [1.54, 1.807) is 0 Å². The van der Waals surface area contributed by atoms with Crippen LogP contribution in [0, 0.1) is 0 Å². The Bertz CT molecular complexity index is 580. The molecule has 0 radical (unpaired) electrons. The molecular formula is C17H20N2O. The topological polar surface area (TPSA) is 38.5 Å². The summed E-state index contributed by atoms with van der Waals surface area (Å²) in [5.74, 6) is 1.01. The summed E-state index contributed by atoms with van der Waals surface area (Å²) in [6.45, 7) is 4.82. The molecule has 3 nitrogen and oxygen atoms in total. The fourth-order valence-electron chi connectivity index (χ4n) is 2.66. The van der Waals surface area contributed by atoms with Crippen molar-refractivity contribution < 1.29 is 4.74 Å². The van der Waals surface area contributed by atoms with Crippen LogP contribution < -0.4 is 10.5 Å². The Morgan fingerprint density at radius 1 is 1.10 bits per heavy atom. The van der Waals surface area contributed by atoms with Gasteiger partial charge in [0.05, 0.1) is 0 Å². The van der Waals surface area contributed by atoms with E-state index < -0.39 is 0 Å². The fourth-order valence-corrected chi connectivity index (χ4v) is 2.66. The van der Waals surface area contributed by atoms with Crippen LogP contribution in [0.4, 0.5) is 5.69 Å². The summed E-state index contributed by atoms with van der Waals surface area (Å²) in [4.78, 5) is 2.44. The van der Waals surface area contributed by atoms with Crippen LogP contribution in [0.2, 0.25) is 0 Å². The second-order valence-electron chi connectivity index (χ2n) is 5.27. The molecule has 2 aromatic carbocycles. The smallest absolute Gasteiger partial charge is 0.123 e. The zero-order valence-corrected chi connectivity index (χ0v) is 11.8. The van der Waals surface area contributed by atoms with Crippen LogP contribution in [0.1, 0.15) is 24.1 Å². The summed E-state index contributed by atoms with van der Waals surface area (Å²) in [6.07, 6.45) is 0. The normalized spacial score (nSPS) is 16.9. The number of hydrogen-bond acceptors (Lipinski definition) is 3. The maximum Gasteiger partial charge on any atom is 0.123 e. The molecule has 0 amide bonds. The first-order chi connectivity index (χ1) is 9.74. The fraction of sp³-hybridized carbons (Fsp3) is 0.294. The van der Waals surface area contributed by atoms with Gasteiger partial charge in [0, 0.05) is 30.4 Å². The summed E-state index contributed by atoms with van der Waals surface area (Å²) < 4.78 is 5.82. The SMILES string of the molecule is CC(c1ccc(N)cc1)N1CCOc2ccccc2C1. The Hall–Kier alpha value is -2.00. The zero-order chi connectivity index (χ0) is 13.9. The average molecular weight is 268 g/mol. The highest BCUT2D eigenvalue weighted by Crippen LogP contribution is 2.28. The van der Waals surface area contributed by atoms with Crippen molar-refractivity contribution in [2.24, 2.45) is 0 Å². The van der Waals surface area contributed by atoms with E-state index >= 15 is 0 Å². The van der Waals surface area contributed by atoms with Crippen LogP contribution in [0.3, 0.4) is 0 Å². The predicted molar refractivity (Wildman–Crippen MR) is 81.6 cm³/mol. The molecule has 104 valence electrons. The molecule has 0 saturated carbocycles. The molecule has 0 aliphatic carbocycles. The lowest BCUT2D eigenvalue weighted by Crippen LogP contribution is -2.28. The lowest BCUT2D eigenvalue weighted by atomic mass is 10.1. The van der Waals surface area contributed by atoms with Crippen molar-refractivity contribution in [2.45, 2.75) is 19.5 Å². The van der Waals surface area contributed by atoms with Crippen molar-refractivity contribution in [2.75, 3.05) is 18.9 Å². The van der Waals surface area contributed by atoms with Crippen molar-refractivity contribution in [1.82, 2.24) is 4.90 Å². The number of ether oxygens (including phenoxy) is 1. The van der Waals surface area contributed by atoms with Gasteiger partial charge in [-0.25, -0.2) is 0 Å². The average Bonchev–Trinajstić information content (AvgIpc) is 2.69. The minimum atomic E-state index is 0.352. The Morgan fingerprint density at radius 3 is 2.65 bits per heavy atom.